The van der Waals surface area contributed by atoms with Crippen molar-refractivity contribution in [3.63, 3.8) is 0 Å². The van der Waals surface area contributed by atoms with Gasteiger partial charge in [-0.3, -0.25) is 9.36 Å². The smallest absolute Gasteiger partial charge is 0.319 e. The molecule has 0 unspecified atom stereocenters. The normalized spacial score (nSPS) is 10.8. The molecule has 0 aromatic carbocycles. The van der Waals surface area contributed by atoms with Gasteiger partial charge in [0.15, 0.2) is 0 Å². The van der Waals surface area contributed by atoms with E-state index in [-0.39, 0.29) is 24.9 Å². The van der Waals surface area contributed by atoms with Crippen LogP contribution < -0.4 is 5.32 Å². The Labute approximate surface area is 97.8 Å². The number of carbonyl (C=O) groups excluding carboxylic acids is 1. The standard InChI is InChI=1S/C10H15F2N3O2/c1-2-5-17-7-9(16)14-6-8-13-3-4-15(8)10(11)12/h3-4,10H,2,5-7H2,1H3,(H,14,16). The third-order valence-electron chi connectivity index (χ3n) is 1.98. The average molecular weight is 247 g/mol. The molecule has 7 heteroatoms. The van der Waals surface area contributed by atoms with Gasteiger partial charge in [0.2, 0.25) is 5.91 Å². The molecular formula is C10H15F2N3O2. The molecule has 0 bridgehead atoms. The second-order valence-electron chi connectivity index (χ2n) is 3.36. The van der Waals surface area contributed by atoms with Crippen LogP contribution in [0.25, 0.3) is 0 Å². The average Bonchev–Trinajstić information content (AvgIpc) is 2.75. The molecule has 96 valence electrons. The highest BCUT2D eigenvalue weighted by atomic mass is 19.3. The number of imidazole rings is 1. The van der Waals surface area contributed by atoms with Gasteiger partial charge in [0.25, 0.3) is 0 Å². The number of halogens is 2. The number of amides is 1. The fraction of sp³-hybridized carbons (Fsp3) is 0.600. The minimum Gasteiger partial charge on any atom is -0.372 e. The molecule has 5 nitrogen and oxygen atoms in total. The van der Waals surface area contributed by atoms with Gasteiger partial charge in [-0.1, -0.05) is 6.92 Å². The number of carbonyl (C=O) groups is 1. The summed E-state index contributed by atoms with van der Waals surface area (Å²) in [6.07, 6.45) is 3.25. The van der Waals surface area contributed by atoms with E-state index in [0.717, 1.165) is 6.42 Å². The van der Waals surface area contributed by atoms with Crippen LogP contribution in [0.5, 0.6) is 0 Å². The van der Waals surface area contributed by atoms with Crippen LogP contribution in [-0.4, -0.2) is 28.7 Å². The van der Waals surface area contributed by atoms with Gasteiger partial charge in [0.1, 0.15) is 12.4 Å². The molecule has 0 aliphatic rings. The maximum Gasteiger partial charge on any atom is 0.319 e. The molecule has 0 radical (unpaired) electrons. The Morgan fingerprint density at radius 2 is 2.41 bits per heavy atom. The summed E-state index contributed by atoms with van der Waals surface area (Å²) in [7, 11) is 0. The predicted octanol–water partition coefficient (Wildman–Crippen LogP) is 1.32. The minimum atomic E-state index is -2.65. The van der Waals surface area contributed by atoms with Gasteiger partial charge in [-0.15, -0.1) is 0 Å². The fourth-order valence-corrected chi connectivity index (χ4v) is 1.20. The van der Waals surface area contributed by atoms with Crippen LogP contribution >= 0.6 is 0 Å². The Bertz CT molecular complexity index is 355. The predicted molar refractivity (Wildman–Crippen MR) is 56.4 cm³/mol. The van der Waals surface area contributed by atoms with Crippen LogP contribution in [0.2, 0.25) is 0 Å². The Morgan fingerprint density at radius 1 is 1.65 bits per heavy atom. The van der Waals surface area contributed by atoms with Crippen LogP contribution in [0.4, 0.5) is 8.78 Å². The Morgan fingerprint density at radius 3 is 3.06 bits per heavy atom. The number of alkyl halides is 2. The molecule has 1 aromatic rings. The third kappa shape index (κ3) is 4.48. The lowest BCUT2D eigenvalue weighted by molar-refractivity contribution is -0.125. The van der Waals surface area contributed by atoms with Gasteiger partial charge in [0.05, 0.1) is 6.54 Å². The van der Waals surface area contributed by atoms with Crippen LogP contribution in [-0.2, 0) is 16.1 Å². The first kappa shape index (κ1) is 13.6. The molecule has 1 aromatic heterocycles. The van der Waals surface area contributed by atoms with Crippen molar-refractivity contribution < 1.29 is 18.3 Å². The quantitative estimate of drug-likeness (QED) is 0.739. The molecule has 17 heavy (non-hydrogen) atoms. The fourth-order valence-electron chi connectivity index (χ4n) is 1.20. The SMILES string of the molecule is CCCOCC(=O)NCc1nccn1C(F)F. The highest BCUT2D eigenvalue weighted by molar-refractivity contribution is 5.77. The number of hydrogen-bond acceptors (Lipinski definition) is 3. The number of nitrogens with zero attached hydrogens (tertiary/aromatic N) is 2. The maximum absolute atomic E-state index is 12.4. The summed E-state index contributed by atoms with van der Waals surface area (Å²) in [5, 5.41) is 2.46. The third-order valence-corrected chi connectivity index (χ3v) is 1.98. The molecule has 0 atom stereocenters. The second kappa shape index (κ2) is 6.95. The molecule has 0 saturated heterocycles. The Hall–Kier alpha value is -1.50. The van der Waals surface area contributed by atoms with Crippen molar-refractivity contribution in [3.05, 3.63) is 18.2 Å². The summed E-state index contributed by atoms with van der Waals surface area (Å²) in [4.78, 5) is 15.0. The van der Waals surface area contributed by atoms with E-state index >= 15 is 0 Å². The first-order chi connectivity index (χ1) is 8.15. The highest BCUT2D eigenvalue weighted by Gasteiger charge is 2.11. The number of ether oxygens (including phenoxy) is 1. The Balaban J connectivity index is 2.34. The van der Waals surface area contributed by atoms with Crippen LogP contribution in [0.15, 0.2) is 12.4 Å². The van der Waals surface area contributed by atoms with E-state index in [4.69, 9.17) is 4.74 Å². The molecule has 1 N–H and O–H groups in total. The highest BCUT2D eigenvalue weighted by Crippen LogP contribution is 2.11. The monoisotopic (exact) mass is 247 g/mol. The number of nitrogens with one attached hydrogen (secondary N) is 1. The summed E-state index contributed by atoms with van der Waals surface area (Å²) in [6, 6.07) is 0. The van der Waals surface area contributed by atoms with E-state index in [1.807, 2.05) is 6.92 Å². The lowest BCUT2D eigenvalue weighted by atomic mass is 10.5. The van der Waals surface area contributed by atoms with Gasteiger partial charge >= 0.3 is 6.55 Å². The van der Waals surface area contributed by atoms with Crippen molar-refractivity contribution >= 4 is 5.91 Å². The summed E-state index contributed by atoms with van der Waals surface area (Å²) in [5.41, 5.74) is 0. The number of aromatic nitrogens is 2. The summed E-state index contributed by atoms with van der Waals surface area (Å²) < 4.78 is 30.5. The van der Waals surface area contributed by atoms with E-state index in [1.54, 1.807) is 0 Å². The first-order valence-electron chi connectivity index (χ1n) is 5.29. The van der Waals surface area contributed by atoms with Gasteiger partial charge in [-0.2, -0.15) is 8.78 Å². The van der Waals surface area contributed by atoms with E-state index in [1.165, 1.54) is 12.4 Å². The van der Waals surface area contributed by atoms with Crippen LogP contribution in [0, 0.1) is 0 Å². The second-order valence-corrected chi connectivity index (χ2v) is 3.36. The molecular weight excluding hydrogens is 232 g/mol. The van der Waals surface area contributed by atoms with Crippen molar-refractivity contribution in [2.45, 2.75) is 26.4 Å². The van der Waals surface area contributed by atoms with Gasteiger partial charge in [0, 0.05) is 19.0 Å². The van der Waals surface area contributed by atoms with Crippen LogP contribution in [0.1, 0.15) is 25.7 Å². The van der Waals surface area contributed by atoms with Crippen molar-refractivity contribution in [3.8, 4) is 0 Å². The maximum atomic E-state index is 12.4. The molecule has 0 saturated carbocycles. The molecule has 0 aliphatic carbocycles. The van der Waals surface area contributed by atoms with E-state index in [9.17, 15) is 13.6 Å². The van der Waals surface area contributed by atoms with E-state index in [0.29, 0.717) is 11.2 Å². The summed E-state index contributed by atoms with van der Waals surface area (Å²) >= 11 is 0. The molecule has 1 heterocycles. The van der Waals surface area contributed by atoms with E-state index in [2.05, 4.69) is 10.3 Å². The number of rotatable bonds is 7. The molecule has 1 rings (SSSR count). The summed E-state index contributed by atoms with van der Waals surface area (Å²) in [6.45, 7) is -0.327. The Kier molecular flexibility index (Phi) is 5.55. The van der Waals surface area contributed by atoms with Crippen LogP contribution in [0.3, 0.4) is 0 Å². The zero-order valence-corrected chi connectivity index (χ0v) is 9.53. The van der Waals surface area contributed by atoms with Gasteiger partial charge in [-0.25, -0.2) is 4.98 Å². The lowest BCUT2D eigenvalue weighted by Gasteiger charge is -2.08. The van der Waals surface area contributed by atoms with Gasteiger partial charge in [-0.05, 0) is 6.42 Å². The molecule has 1 amide bonds. The lowest BCUT2D eigenvalue weighted by Crippen LogP contribution is -2.28. The number of hydrogen-bond donors (Lipinski definition) is 1. The minimum absolute atomic E-state index is 0.0361. The topological polar surface area (TPSA) is 56.1 Å². The largest absolute Gasteiger partial charge is 0.372 e. The molecule has 0 spiro atoms. The van der Waals surface area contributed by atoms with Gasteiger partial charge < -0.3 is 10.1 Å². The van der Waals surface area contributed by atoms with Crippen molar-refractivity contribution in [1.82, 2.24) is 14.9 Å². The molecule has 0 fully saturated rings. The first-order valence-corrected chi connectivity index (χ1v) is 5.29. The van der Waals surface area contributed by atoms with Crippen molar-refractivity contribution in [2.75, 3.05) is 13.2 Å². The zero-order chi connectivity index (χ0) is 12.7. The van der Waals surface area contributed by atoms with Crippen molar-refractivity contribution in [1.29, 1.82) is 0 Å². The van der Waals surface area contributed by atoms with Crippen molar-refractivity contribution in [2.24, 2.45) is 0 Å². The molecule has 0 aliphatic heterocycles. The van der Waals surface area contributed by atoms with E-state index < -0.39 is 6.55 Å². The zero-order valence-electron chi connectivity index (χ0n) is 9.53. The summed E-state index contributed by atoms with van der Waals surface area (Å²) in [5.74, 6) is -0.230.